The molecule has 43 heavy (non-hydrogen) atoms. The van der Waals surface area contributed by atoms with Crippen LogP contribution in [0.5, 0.6) is 5.75 Å². The lowest BCUT2D eigenvalue weighted by atomic mass is 10.1. The van der Waals surface area contributed by atoms with E-state index in [1.54, 1.807) is 39.0 Å². The molecule has 1 saturated heterocycles. The smallest absolute Gasteiger partial charge is 0.407 e. The summed E-state index contributed by atoms with van der Waals surface area (Å²) in [5.41, 5.74) is 4.31. The molecule has 1 aliphatic rings. The third kappa shape index (κ3) is 6.74. The number of hydrogen-bond donors (Lipinski definition) is 2. The average Bonchev–Trinajstić information content (AvgIpc) is 3.38. The summed E-state index contributed by atoms with van der Waals surface area (Å²) < 4.78 is 27.2. The van der Waals surface area contributed by atoms with Crippen LogP contribution in [0.15, 0.2) is 66.7 Å². The van der Waals surface area contributed by atoms with Gasteiger partial charge in [-0.2, -0.15) is 5.26 Å². The Hall–Kier alpha value is -4.59. The Balaban J connectivity index is 1.37. The lowest BCUT2D eigenvalue weighted by Gasteiger charge is -2.38. The number of nitriles is 1. The molecule has 1 fully saturated rings. The third-order valence-electron chi connectivity index (χ3n) is 7.42. The Morgan fingerprint density at radius 1 is 1.02 bits per heavy atom. The van der Waals surface area contributed by atoms with Crippen LogP contribution in [0, 0.1) is 17.1 Å². The fourth-order valence-corrected chi connectivity index (χ4v) is 5.30. The van der Waals surface area contributed by atoms with Gasteiger partial charge in [0.25, 0.3) is 0 Å². The van der Waals surface area contributed by atoms with Crippen molar-refractivity contribution in [2.75, 3.05) is 44.7 Å². The van der Waals surface area contributed by atoms with Crippen LogP contribution >= 0.6 is 0 Å². The lowest BCUT2D eigenvalue weighted by molar-refractivity contribution is -0.00319. The van der Waals surface area contributed by atoms with Gasteiger partial charge in [-0.05, 0) is 87.5 Å². The van der Waals surface area contributed by atoms with E-state index in [9.17, 15) is 19.6 Å². The highest BCUT2D eigenvalue weighted by Crippen LogP contribution is 2.35. The maximum Gasteiger partial charge on any atom is 0.407 e. The van der Waals surface area contributed by atoms with Gasteiger partial charge in [-0.15, -0.1) is 0 Å². The number of alkyl carbamates (subject to hydrolysis) is 1. The van der Waals surface area contributed by atoms with Gasteiger partial charge in [-0.25, -0.2) is 9.18 Å². The van der Waals surface area contributed by atoms with Crippen LogP contribution in [0.4, 0.5) is 14.9 Å². The number of nitrogens with zero attached hydrogens (tertiary/aromatic N) is 4. The number of aliphatic hydroxyl groups excluding tert-OH is 1. The molecule has 1 aliphatic heterocycles. The normalized spacial score (nSPS) is 14.8. The molecule has 10 heteroatoms. The van der Waals surface area contributed by atoms with Crippen molar-refractivity contribution in [3.8, 4) is 28.8 Å². The van der Waals surface area contributed by atoms with Crippen molar-refractivity contribution in [3.05, 3.63) is 78.1 Å². The maximum absolute atomic E-state index is 14.7. The fraction of sp³-hybridized carbons (Fsp3) is 0.333. The first-order valence-corrected chi connectivity index (χ1v) is 14.2. The van der Waals surface area contributed by atoms with E-state index in [4.69, 9.17) is 9.47 Å². The Labute approximate surface area is 250 Å². The van der Waals surface area contributed by atoms with E-state index >= 15 is 0 Å². The zero-order valence-corrected chi connectivity index (χ0v) is 24.8. The van der Waals surface area contributed by atoms with Crippen LogP contribution in [-0.2, 0) is 4.74 Å². The van der Waals surface area contributed by atoms with E-state index in [2.05, 4.69) is 39.1 Å². The molecular weight excluding hydrogens is 549 g/mol. The summed E-state index contributed by atoms with van der Waals surface area (Å²) >= 11 is 0. The number of halogens is 1. The second-order valence-corrected chi connectivity index (χ2v) is 11.5. The number of carbonyl (C=O) groups excluding carboxylic acids is 1. The average molecular weight is 586 g/mol. The van der Waals surface area contributed by atoms with Gasteiger partial charge in [0.2, 0.25) is 0 Å². The van der Waals surface area contributed by atoms with E-state index in [-0.39, 0.29) is 12.3 Å². The molecule has 0 saturated carbocycles. The molecule has 1 unspecified atom stereocenters. The topological polar surface area (TPSA) is 103 Å². The second kappa shape index (κ2) is 12.3. The largest absolute Gasteiger partial charge is 0.494 e. The first-order valence-electron chi connectivity index (χ1n) is 14.2. The van der Waals surface area contributed by atoms with Gasteiger partial charge in [0.1, 0.15) is 11.8 Å². The summed E-state index contributed by atoms with van der Waals surface area (Å²) in [6.07, 6.45) is -1.37. The highest BCUT2D eigenvalue weighted by atomic mass is 19.1. The van der Waals surface area contributed by atoms with Crippen LogP contribution in [0.25, 0.3) is 27.8 Å². The summed E-state index contributed by atoms with van der Waals surface area (Å²) in [5, 5.41) is 23.5. The second-order valence-electron chi connectivity index (χ2n) is 11.5. The predicted molar refractivity (Wildman–Crippen MR) is 164 cm³/mol. The van der Waals surface area contributed by atoms with E-state index in [0.29, 0.717) is 37.3 Å². The molecule has 4 aromatic rings. The number of piperazine rings is 1. The van der Waals surface area contributed by atoms with Crippen LogP contribution in [-0.4, -0.2) is 72.3 Å². The number of nitrogens with one attached hydrogen (secondary N) is 1. The Morgan fingerprint density at radius 3 is 2.35 bits per heavy atom. The monoisotopic (exact) mass is 585 g/mol. The molecule has 3 aromatic carbocycles. The number of aromatic nitrogens is 1. The number of hydrogen-bond acceptors (Lipinski definition) is 7. The summed E-state index contributed by atoms with van der Waals surface area (Å²) in [5.74, 6) is -0.268. The fourth-order valence-electron chi connectivity index (χ4n) is 5.30. The van der Waals surface area contributed by atoms with E-state index in [0.717, 1.165) is 28.0 Å². The van der Waals surface area contributed by atoms with Gasteiger partial charge in [0.15, 0.2) is 11.6 Å². The van der Waals surface area contributed by atoms with Gasteiger partial charge in [0, 0.05) is 48.5 Å². The molecule has 9 nitrogen and oxygen atoms in total. The standard InChI is InChI=1S/C33H36FN5O4/c1-33(2,3)43-32(41)36-21-31(40)38-15-13-37(14-16-38)26-10-11-28-24(17-26)19-29(23-7-12-30(42-4)27(34)18-23)39(28)25-8-5-22(20-35)6-9-25/h5-12,17-19,31,40H,13-16,21H2,1-4H3,(H,36,41). The lowest BCUT2D eigenvalue weighted by Crippen LogP contribution is -2.53. The van der Waals surface area contributed by atoms with Crippen molar-refractivity contribution in [1.82, 2.24) is 14.8 Å². The molecule has 1 amide bonds. The molecular formula is C33H36FN5O4. The number of benzene rings is 3. The first kappa shape index (κ1) is 29.9. The van der Waals surface area contributed by atoms with Crippen LogP contribution in [0.2, 0.25) is 0 Å². The maximum atomic E-state index is 14.7. The molecule has 0 bridgehead atoms. The molecule has 1 atom stereocenters. The number of rotatable bonds is 7. The number of amides is 1. The van der Waals surface area contributed by atoms with Crippen LogP contribution < -0.4 is 15.0 Å². The van der Waals surface area contributed by atoms with Crippen molar-refractivity contribution in [2.45, 2.75) is 32.6 Å². The number of methoxy groups -OCH3 is 1. The summed E-state index contributed by atoms with van der Waals surface area (Å²) in [6, 6.07) is 22.7. The summed E-state index contributed by atoms with van der Waals surface area (Å²) in [7, 11) is 1.44. The zero-order chi connectivity index (χ0) is 30.7. The molecule has 5 rings (SSSR count). The van der Waals surface area contributed by atoms with E-state index in [1.165, 1.54) is 13.2 Å². The summed E-state index contributed by atoms with van der Waals surface area (Å²) in [4.78, 5) is 16.2. The molecule has 1 aromatic heterocycles. The number of fused-ring (bicyclic) bond motifs is 1. The highest BCUT2D eigenvalue weighted by Gasteiger charge is 2.25. The van der Waals surface area contributed by atoms with Crippen molar-refractivity contribution >= 4 is 22.7 Å². The van der Waals surface area contributed by atoms with E-state index < -0.39 is 23.7 Å². The Kier molecular flexibility index (Phi) is 8.57. The minimum absolute atomic E-state index is 0.0818. The van der Waals surface area contributed by atoms with Gasteiger partial charge in [-0.3, -0.25) is 4.90 Å². The van der Waals surface area contributed by atoms with Crippen molar-refractivity contribution in [2.24, 2.45) is 0 Å². The predicted octanol–water partition coefficient (Wildman–Crippen LogP) is 5.28. The minimum atomic E-state index is -0.814. The van der Waals surface area contributed by atoms with Gasteiger partial charge in [0.05, 0.1) is 36.5 Å². The molecule has 0 aliphatic carbocycles. The first-order chi connectivity index (χ1) is 20.6. The van der Waals surface area contributed by atoms with Crippen LogP contribution in [0.3, 0.4) is 0 Å². The van der Waals surface area contributed by atoms with E-state index in [1.807, 2.05) is 29.2 Å². The molecule has 2 N–H and O–H groups in total. The van der Waals surface area contributed by atoms with Crippen molar-refractivity contribution in [1.29, 1.82) is 5.26 Å². The van der Waals surface area contributed by atoms with Gasteiger partial charge < -0.3 is 29.4 Å². The Bertz CT molecular complexity index is 1650. The summed E-state index contributed by atoms with van der Waals surface area (Å²) in [6.45, 7) is 8.10. The number of carbonyl (C=O) groups is 1. The molecule has 224 valence electrons. The van der Waals surface area contributed by atoms with Gasteiger partial charge >= 0.3 is 6.09 Å². The number of anilines is 1. The molecule has 0 spiro atoms. The molecule has 2 heterocycles. The zero-order valence-electron chi connectivity index (χ0n) is 24.8. The van der Waals surface area contributed by atoms with Crippen molar-refractivity contribution in [3.63, 3.8) is 0 Å². The van der Waals surface area contributed by atoms with Crippen molar-refractivity contribution < 1.29 is 23.8 Å². The third-order valence-corrected chi connectivity index (χ3v) is 7.42. The number of aliphatic hydroxyl groups is 1. The quantitative estimate of drug-likeness (QED) is 0.304. The molecule has 0 radical (unpaired) electrons. The van der Waals surface area contributed by atoms with Gasteiger partial charge in [-0.1, -0.05) is 0 Å². The minimum Gasteiger partial charge on any atom is -0.494 e. The highest BCUT2D eigenvalue weighted by molar-refractivity contribution is 5.91. The number of ether oxygens (including phenoxy) is 2. The SMILES string of the molecule is COc1ccc(-c2cc3cc(N4CCN(C(O)CNC(=O)OC(C)(C)C)CC4)ccc3n2-c2ccc(C#N)cc2)cc1F. The van der Waals surface area contributed by atoms with Crippen LogP contribution in [0.1, 0.15) is 26.3 Å². The Morgan fingerprint density at radius 2 is 1.72 bits per heavy atom.